The van der Waals surface area contributed by atoms with E-state index >= 15 is 0 Å². The van der Waals surface area contributed by atoms with Crippen molar-refractivity contribution in [1.29, 1.82) is 0 Å². The molecule has 0 spiro atoms. The van der Waals surface area contributed by atoms with Crippen LogP contribution in [0.15, 0.2) is 59.0 Å². The van der Waals surface area contributed by atoms with Gasteiger partial charge in [-0.2, -0.15) is 5.10 Å². The molecule has 2 aromatic carbocycles. The van der Waals surface area contributed by atoms with E-state index in [1.165, 1.54) is 16.9 Å². The second-order valence-corrected chi connectivity index (χ2v) is 7.99. The number of halogens is 1. The molecule has 0 aliphatic carbocycles. The van der Waals surface area contributed by atoms with Crippen LogP contribution in [0.1, 0.15) is 46.6 Å². The van der Waals surface area contributed by atoms with Crippen LogP contribution in [0.2, 0.25) is 5.02 Å². The normalized spacial score (nSPS) is 16.0. The van der Waals surface area contributed by atoms with Gasteiger partial charge in [0.05, 0.1) is 18.4 Å². The predicted molar refractivity (Wildman–Crippen MR) is 117 cm³/mol. The summed E-state index contributed by atoms with van der Waals surface area (Å²) < 4.78 is 5.07. The van der Waals surface area contributed by atoms with Crippen molar-refractivity contribution in [3.05, 3.63) is 81.3 Å². The van der Waals surface area contributed by atoms with E-state index in [-0.39, 0.29) is 6.04 Å². The van der Waals surface area contributed by atoms with E-state index in [0.717, 1.165) is 23.3 Å². The number of rotatable bonds is 5. The second-order valence-electron chi connectivity index (χ2n) is 6.71. The van der Waals surface area contributed by atoms with Gasteiger partial charge in [0.25, 0.3) is 0 Å². The van der Waals surface area contributed by atoms with Crippen LogP contribution in [0.5, 0.6) is 0 Å². The number of hydrogen-bond donors (Lipinski definition) is 0. The Morgan fingerprint density at radius 3 is 2.72 bits per heavy atom. The van der Waals surface area contributed by atoms with Crippen molar-refractivity contribution in [3.8, 4) is 0 Å². The standard InChI is InChI=1S/C22H20ClN3O2S/c1-3-28-21(27)19-13-29-22(24-19)26-20(15-8-10-16(23)11-9-15)12-18(25-26)17-7-5-4-6-14(17)2/h4-11,13,20H,3,12H2,1-2H3. The van der Waals surface area contributed by atoms with Gasteiger partial charge in [0.1, 0.15) is 0 Å². The lowest BCUT2D eigenvalue weighted by molar-refractivity contribution is 0.0520. The molecule has 0 bridgehead atoms. The summed E-state index contributed by atoms with van der Waals surface area (Å²) >= 11 is 7.47. The summed E-state index contributed by atoms with van der Waals surface area (Å²) in [4.78, 5) is 16.5. The van der Waals surface area contributed by atoms with Crippen LogP contribution < -0.4 is 5.01 Å². The van der Waals surface area contributed by atoms with Gasteiger partial charge >= 0.3 is 5.97 Å². The molecule has 7 heteroatoms. The van der Waals surface area contributed by atoms with Crippen LogP contribution in [-0.2, 0) is 4.74 Å². The Kier molecular flexibility index (Phi) is 5.65. The first kappa shape index (κ1) is 19.6. The van der Waals surface area contributed by atoms with E-state index in [1.807, 2.05) is 41.4 Å². The molecule has 0 radical (unpaired) electrons. The van der Waals surface area contributed by atoms with Gasteiger partial charge in [-0.1, -0.05) is 48.0 Å². The number of benzene rings is 2. The molecule has 1 aliphatic heterocycles. The molecule has 29 heavy (non-hydrogen) atoms. The number of carbonyl (C=O) groups is 1. The molecule has 5 nitrogen and oxygen atoms in total. The number of nitrogens with zero attached hydrogens (tertiary/aromatic N) is 3. The maximum atomic E-state index is 12.0. The van der Waals surface area contributed by atoms with Crippen LogP contribution >= 0.6 is 22.9 Å². The summed E-state index contributed by atoms with van der Waals surface area (Å²) in [7, 11) is 0. The Morgan fingerprint density at radius 1 is 1.24 bits per heavy atom. The number of aromatic nitrogens is 1. The molecule has 0 N–H and O–H groups in total. The van der Waals surface area contributed by atoms with Gasteiger partial charge in [-0.25, -0.2) is 14.8 Å². The number of anilines is 1. The highest BCUT2D eigenvalue weighted by molar-refractivity contribution is 7.13. The summed E-state index contributed by atoms with van der Waals surface area (Å²) in [5, 5.41) is 9.87. The second kappa shape index (κ2) is 8.35. The highest BCUT2D eigenvalue weighted by Gasteiger charge is 2.32. The van der Waals surface area contributed by atoms with Gasteiger partial charge in [-0.05, 0) is 37.1 Å². The molecular formula is C22H20ClN3O2S. The van der Waals surface area contributed by atoms with E-state index in [0.29, 0.717) is 22.5 Å². The number of aryl methyl sites for hydroxylation is 1. The van der Waals surface area contributed by atoms with Crippen LogP contribution in [0, 0.1) is 6.92 Å². The Hall–Kier alpha value is -2.70. The minimum atomic E-state index is -0.416. The Labute approximate surface area is 178 Å². The van der Waals surface area contributed by atoms with E-state index in [9.17, 15) is 4.79 Å². The molecule has 0 saturated heterocycles. The first-order chi connectivity index (χ1) is 14.1. The average Bonchev–Trinajstić information content (AvgIpc) is 3.36. The van der Waals surface area contributed by atoms with Crippen LogP contribution in [0.25, 0.3) is 0 Å². The van der Waals surface area contributed by atoms with Crippen molar-refractivity contribution in [2.24, 2.45) is 5.10 Å². The largest absolute Gasteiger partial charge is 0.461 e. The molecule has 4 rings (SSSR count). The van der Waals surface area contributed by atoms with Gasteiger partial charge in [0, 0.05) is 22.4 Å². The third kappa shape index (κ3) is 4.04. The maximum Gasteiger partial charge on any atom is 0.357 e. The molecule has 1 atom stereocenters. The lowest BCUT2D eigenvalue weighted by Crippen LogP contribution is -2.18. The zero-order valence-corrected chi connectivity index (χ0v) is 17.7. The Morgan fingerprint density at radius 2 is 2.00 bits per heavy atom. The molecule has 1 aliphatic rings. The summed E-state index contributed by atoms with van der Waals surface area (Å²) in [6, 6.07) is 16.0. The molecular weight excluding hydrogens is 406 g/mol. The first-order valence-electron chi connectivity index (χ1n) is 9.37. The summed E-state index contributed by atoms with van der Waals surface area (Å²) in [6.45, 7) is 4.18. The first-order valence-corrected chi connectivity index (χ1v) is 10.6. The maximum absolute atomic E-state index is 12.0. The molecule has 0 fully saturated rings. The van der Waals surface area contributed by atoms with Gasteiger partial charge in [0.15, 0.2) is 5.69 Å². The third-order valence-electron chi connectivity index (χ3n) is 4.79. The highest BCUT2D eigenvalue weighted by atomic mass is 35.5. The number of thiazole rings is 1. The van der Waals surface area contributed by atoms with Crippen molar-refractivity contribution in [3.63, 3.8) is 0 Å². The van der Waals surface area contributed by atoms with Crippen LogP contribution in [-0.4, -0.2) is 23.3 Å². The monoisotopic (exact) mass is 425 g/mol. The Balaban J connectivity index is 1.72. The number of ether oxygens (including phenoxy) is 1. The zero-order chi connectivity index (χ0) is 20.4. The molecule has 3 aromatic rings. The predicted octanol–water partition coefficient (Wildman–Crippen LogP) is 5.64. The number of hydrazone groups is 1. The lowest BCUT2D eigenvalue weighted by atomic mass is 9.96. The van der Waals surface area contributed by atoms with Crippen LogP contribution in [0.3, 0.4) is 0 Å². The minimum Gasteiger partial charge on any atom is -0.461 e. The fourth-order valence-corrected chi connectivity index (χ4v) is 4.28. The van der Waals surface area contributed by atoms with Crippen molar-refractivity contribution in [2.75, 3.05) is 11.6 Å². The average molecular weight is 426 g/mol. The molecule has 1 unspecified atom stereocenters. The molecule has 2 heterocycles. The smallest absolute Gasteiger partial charge is 0.357 e. The molecule has 0 saturated carbocycles. The quantitative estimate of drug-likeness (QED) is 0.496. The third-order valence-corrected chi connectivity index (χ3v) is 5.88. The molecule has 1 aromatic heterocycles. The van der Waals surface area contributed by atoms with Crippen molar-refractivity contribution >= 4 is 39.8 Å². The zero-order valence-electron chi connectivity index (χ0n) is 16.1. The van der Waals surface area contributed by atoms with Gasteiger partial charge in [-0.3, -0.25) is 0 Å². The van der Waals surface area contributed by atoms with E-state index in [2.05, 4.69) is 24.0 Å². The van der Waals surface area contributed by atoms with Gasteiger partial charge < -0.3 is 4.74 Å². The molecule has 148 valence electrons. The summed E-state index contributed by atoms with van der Waals surface area (Å²) in [5.41, 5.74) is 4.69. The van der Waals surface area contributed by atoms with Crippen molar-refractivity contribution in [1.82, 2.24) is 4.98 Å². The van der Waals surface area contributed by atoms with E-state index < -0.39 is 5.97 Å². The highest BCUT2D eigenvalue weighted by Crippen LogP contribution is 2.38. The molecule has 0 amide bonds. The van der Waals surface area contributed by atoms with E-state index in [1.54, 1.807) is 12.3 Å². The number of carbonyl (C=O) groups excluding carboxylic acids is 1. The fourth-order valence-electron chi connectivity index (χ4n) is 3.36. The van der Waals surface area contributed by atoms with Gasteiger partial charge in [-0.15, -0.1) is 11.3 Å². The SMILES string of the molecule is CCOC(=O)c1csc(N2N=C(c3ccccc3C)CC2c2ccc(Cl)cc2)n1. The summed E-state index contributed by atoms with van der Waals surface area (Å²) in [6.07, 6.45) is 0.737. The Bertz CT molecular complexity index is 1060. The van der Waals surface area contributed by atoms with E-state index in [4.69, 9.17) is 21.4 Å². The number of esters is 1. The fraction of sp³-hybridized carbons (Fsp3) is 0.227. The van der Waals surface area contributed by atoms with Crippen LogP contribution in [0.4, 0.5) is 5.13 Å². The number of hydrogen-bond acceptors (Lipinski definition) is 6. The topological polar surface area (TPSA) is 54.8 Å². The lowest BCUT2D eigenvalue weighted by Gasteiger charge is -2.21. The van der Waals surface area contributed by atoms with Gasteiger partial charge in [0.2, 0.25) is 5.13 Å². The van der Waals surface area contributed by atoms with Crippen molar-refractivity contribution in [2.45, 2.75) is 26.3 Å². The minimum absolute atomic E-state index is 0.0249. The van der Waals surface area contributed by atoms with Crippen molar-refractivity contribution < 1.29 is 9.53 Å². The summed E-state index contributed by atoms with van der Waals surface area (Å²) in [5.74, 6) is -0.416.